The van der Waals surface area contributed by atoms with Crippen molar-refractivity contribution in [3.8, 4) is 0 Å². The number of aromatic nitrogens is 2. The summed E-state index contributed by atoms with van der Waals surface area (Å²) < 4.78 is 1.87. The van der Waals surface area contributed by atoms with Gasteiger partial charge in [-0.15, -0.1) is 0 Å². The van der Waals surface area contributed by atoms with E-state index in [4.69, 9.17) is 15.0 Å². The van der Waals surface area contributed by atoms with Crippen molar-refractivity contribution in [1.29, 1.82) is 0 Å². The summed E-state index contributed by atoms with van der Waals surface area (Å²) in [5.41, 5.74) is 4.17. The number of aryl methyl sites for hydroxylation is 1. The van der Waals surface area contributed by atoms with Crippen LogP contribution in [0.4, 0.5) is 0 Å². The van der Waals surface area contributed by atoms with Crippen LogP contribution in [-0.4, -0.2) is 67.3 Å². The summed E-state index contributed by atoms with van der Waals surface area (Å²) in [5.74, 6) is -1.69. The summed E-state index contributed by atoms with van der Waals surface area (Å²) in [6.07, 6.45) is 4.19. The topological polar surface area (TPSA) is 116 Å². The van der Waals surface area contributed by atoms with Gasteiger partial charge < -0.3 is 15.1 Å². The van der Waals surface area contributed by atoms with E-state index >= 15 is 0 Å². The first-order chi connectivity index (χ1) is 15.3. The Bertz CT molecular complexity index is 973. The van der Waals surface area contributed by atoms with Gasteiger partial charge in [-0.05, 0) is 37.0 Å². The van der Waals surface area contributed by atoms with Gasteiger partial charge in [0.2, 0.25) is 0 Å². The van der Waals surface area contributed by atoms with E-state index in [0.717, 1.165) is 69.2 Å². The molecule has 4 rings (SSSR count). The molecule has 0 atom stereocenters. The molecule has 0 radical (unpaired) electrons. The molecule has 1 fully saturated rings. The average molecular weight is 443 g/mol. The molecule has 2 aliphatic rings. The van der Waals surface area contributed by atoms with Gasteiger partial charge in [0.15, 0.2) is 5.69 Å². The lowest BCUT2D eigenvalue weighted by atomic mass is 10.0. The number of likely N-dealkylation sites (tertiary alicyclic amines) is 1. The largest absolute Gasteiger partial charge is 0.481 e. The fourth-order valence-electron chi connectivity index (χ4n) is 4.21. The van der Waals surface area contributed by atoms with E-state index < -0.39 is 11.9 Å². The van der Waals surface area contributed by atoms with Crippen LogP contribution in [0.15, 0.2) is 24.3 Å². The molecule has 32 heavy (non-hydrogen) atoms. The fourth-order valence-corrected chi connectivity index (χ4v) is 4.21. The molecule has 172 valence electrons. The van der Waals surface area contributed by atoms with Crippen LogP contribution >= 0.6 is 0 Å². The van der Waals surface area contributed by atoms with E-state index in [1.165, 1.54) is 6.42 Å². The van der Waals surface area contributed by atoms with Gasteiger partial charge in [-0.1, -0.05) is 12.1 Å². The van der Waals surface area contributed by atoms with Crippen molar-refractivity contribution in [1.82, 2.24) is 19.6 Å². The summed E-state index contributed by atoms with van der Waals surface area (Å²) in [6, 6.07) is 7.01. The van der Waals surface area contributed by atoms with Gasteiger partial charge in [0.05, 0.1) is 5.56 Å². The molecule has 1 aromatic heterocycles. The number of carbonyl (C=O) groups is 3. The summed E-state index contributed by atoms with van der Waals surface area (Å²) in [6.45, 7) is 5.04. The normalized spacial score (nSPS) is 16.0. The minimum atomic E-state index is -0.912. The summed E-state index contributed by atoms with van der Waals surface area (Å²) in [7, 11) is 1.92. The van der Waals surface area contributed by atoms with E-state index in [1.807, 2.05) is 28.8 Å². The highest BCUT2D eigenvalue weighted by Gasteiger charge is 2.30. The van der Waals surface area contributed by atoms with E-state index in [9.17, 15) is 9.59 Å². The molecule has 0 unspecified atom stereocenters. The Hall–Kier alpha value is -3.20. The zero-order valence-corrected chi connectivity index (χ0v) is 18.6. The highest BCUT2D eigenvalue weighted by atomic mass is 16.4. The Morgan fingerprint density at radius 3 is 2.22 bits per heavy atom. The molecule has 0 spiro atoms. The maximum absolute atomic E-state index is 13.0. The number of rotatable bonds is 4. The third kappa shape index (κ3) is 5.73. The maximum Gasteiger partial charge on any atom is 0.335 e. The number of aromatic carboxylic acids is 1. The minimum absolute atomic E-state index is 0.0595. The summed E-state index contributed by atoms with van der Waals surface area (Å²) in [4.78, 5) is 37.3. The second kappa shape index (κ2) is 10.4. The zero-order chi connectivity index (χ0) is 23.3. The molecule has 0 aliphatic carbocycles. The van der Waals surface area contributed by atoms with Crippen LogP contribution in [-0.2, 0) is 31.4 Å². The van der Waals surface area contributed by atoms with Crippen LogP contribution in [0.25, 0.3) is 0 Å². The fraction of sp³-hybridized carbons (Fsp3) is 0.478. The Morgan fingerprint density at radius 1 is 1.00 bits per heavy atom. The smallest absolute Gasteiger partial charge is 0.335 e. The molecule has 9 nitrogen and oxygen atoms in total. The number of benzene rings is 1. The zero-order valence-electron chi connectivity index (χ0n) is 18.6. The number of piperidine rings is 1. The predicted octanol–water partition coefficient (Wildman–Crippen LogP) is 2.39. The molecule has 9 heteroatoms. The van der Waals surface area contributed by atoms with Gasteiger partial charge in [-0.25, -0.2) is 4.79 Å². The monoisotopic (exact) mass is 442 g/mol. The molecule has 2 aliphatic heterocycles. The third-order valence-electron chi connectivity index (χ3n) is 5.77. The highest BCUT2D eigenvalue weighted by Crippen LogP contribution is 2.25. The number of fused-ring (bicyclic) bond motifs is 1. The van der Waals surface area contributed by atoms with E-state index in [1.54, 1.807) is 12.1 Å². The number of carboxylic acids is 2. The van der Waals surface area contributed by atoms with Gasteiger partial charge in [-0.2, -0.15) is 5.10 Å². The molecular weight excluding hydrogens is 412 g/mol. The van der Waals surface area contributed by atoms with Gasteiger partial charge >= 0.3 is 5.97 Å². The molecular formula is C23H30N4O5. The Kier molecular flexibility index (Phi) is 7.63. The number of hydrogen-bond acceptors (Lipinski definition) is 5. The standard InChI is InChI=1S/C21H26N4O3.C2H4O2/c1-23-18-9-12-24(13-15-5-7-16(8-6-15)21(27)28)14-17(18)19(22-23)20(26)25-10-3-2-4-11-25;1-2(3)4/h5-8H,2-4,9-14H2,1H3,(H,27,28);1H3,(H,3,4). The number of carboxylic acid groups (broad SMARTS) is 2. The lowest BCUT2D eigenvalue weighted by molar-refractivity contribution is -0.134. The van der Waals surface area contributed by atoms with Crippen molar-refractivity contribution in [2.75, 3.05) is 19.6 Å². The number of aliphatic carboxylic acids is 1. The first-order valence-electron chi connectivity index (χ1n) is 10.8. The van der Waals surface area contributed by atoms with Gasteiger partial charge in [0.1, 0.15) is 0 Å². The average Bonchev–Trinajstić information content (AvgIpc) is 3.09. The maximum atomic E-state index is 13.0. The molecule has 1 amide bonds. The van der Waals surface area contributed by atoms with E-state index in [2.05, 4.69) is 10.00 Å². The molecule has 2 N–H and O–H groups in total. The van der Waals surface area contributed by atoms with Crippen molar-refractivity contribution < 1.29 is 24.6 Å². The third-order valence-corrected chi connectivity index (χ3v) is 5.77. The van der Waals surface area contributed by atoms with E-state index in [-0.39, 0.29) is 5.91 Å². The van der Waals surface area contributed by atoms with E-state index in [0.29, 0.717) is 17.8 Å². The van der Waals surface area contributed by atoms with Crippen molar-refractivity contribution in [3.05, 3.63) is 52.3 Å². The first-order valence-corrected chi connectivity index (χ1v) is 10.8. The summed E-state index contributed by atoms with van der Waals surface area (Å²) >= 11 is 0. The van der Waals surface area contributed by atoms with Crippen LogP contribution < -0.4 is 0 Å². The molecule has 0 saturated carbocycles. The molecule has 0 bridgehead atoms. The minimum Gasteiger partial charge on any atom is -0.481 e. The van der Waals surface area contributed by atoms with Crippen LogP contribution in [0.3, 0.4) is 0 Å². The number of amides is 1. The van der Waals surface area contributed by atoms with Gasteiger partial charge in [-0.3, -0.25) is 19.2 Å². The first kappa shape index (κ1) is 23.5. The Balaban J connectivity index is 0.000000668. The van der Waals surface area contributed by atoms with Gasteiger partial charge in [0.25, 0.3) is 11.9 Å². The number of nitrogens with zero attached hydrogens (tertiary/aromatic N) is 4. The Morgan fingerprint density at radius 2 is 1.62 bits per heavy atom. The number of carbonyl (C=O) groups excluding carboxylic acids is 1. The van der Waals surface area contributed by atoms with Crippen LogP contribution in [0.5, 0.6) is 0 Å². The molecule has 3 heterocycles. The second-order valence-electron chi connectivity index (χ2n) is 8.23. The predicted molar refractivity (Wildman–Crippen MR) is 117 cm³/mol. The van der Waals surface area contributed by atoms with Crippen molar-refractivity contribution in [3.63, 3.8) is 0 Å². The second-order valence-corrected chi connectivity index (χ2v) is 8.23. The van der Waals surface area contributed by atoms with Crippen molar-refractivity contribution in [2.24, 2.45) is 7.05 Å². The van der Waals surface area contributed by atoms with Crippen LogP contribution in [0.1, 0.15) is 63.9 Å². The van der Waals surface area contributed by atoms with Crippen LogP contribution in [0.2, 0.25) is 0 Å². The quantitative estimate of drug-likeness (QED) is 0.747. The lowest BCUT2D eigenvalue weighted by Crippen LogP contribution is -2.37. The van der Waals surface area contributed by atoms with Gasteiger partial charge in [0, 0.05) is 64.4 Å². The lowest BCUT2D eigenvalue weighted by Gasteiger charge is -2.29. The molecule has 1 saturated heterocycles. The molecule has 2 aromatic rings. The van der Waals surface area contributed by atoms with Crippen molar-refractivity contribution in [2.45, 2.75) is 45.7 Å². The summed E-state index contributed by atoms with van der Waals surface area (Å²) in [5, 5.41) is 21.0. The Labute approximate surface area is 187 Å². The van der Waals surface area contributed by atoms with Crippen LogP contribution in [0, 0.1) is 0 Å². The SMILES string of the molecule is CC(=O)O.Cn1nc(C(=O)N2CCCCC2)c2c1CCN(Cc1ccc(C(=O)O)cc1)C2. The van der Waals surface area contributed by atoms with Crippen molar-refractivity contribution >= 4 is 17.8 Å². The molecule has 1 aromatic carbocycles. The highest BCUT2D eigenvalue weighted by molar-refractivity contribution is 5.94. The number of hydrogen-bond donors (Lipinski definition) is 2.